The van der Waals surface area contributed by atoms with E-state index in [0.717, 1.165) is 6.20 Å². The monoisotopic (exact) mass is 165 g/mol. The first-order valence-electron chi connectivity index (χ1n) is 2.62. The average Bonchev–Trinajstić information content (AvgIpc) is 2.15. The third-order valence-electron chi connectivity index (χ3n) is 1.21. The van der Waals surface area contributed by atoms with Gasteiger partial charge >= 0.3 is 0 Å². The Balaban J connectivity index is 0.000000810. The fourth-order valence-electron chi connectivity index (χ4n) is 0.614. The highest BCUT2D eigenvalue weighted by Gasteiger charge is 2.00. The molecular weight excluding hydrogens is 157 g/mol. The van der Waals surface area contributed by atoms with Crippen LogP contribution >= 0.6 is 12.4 Å². The van der Waals surface area contributed by atoms with E-state index in [1.807, 2.05) is 0 Å². The van der Waals surface area contributed by atoms with Gasteiger partial charge in [-0.25, -0.2) is 4.98 Å². The number of aromatic nitrogens is 2. The van der Waals surface area contributed by atoms with Gasteiger partial charge in [-0.05, 0) is 0 Å². The molecule has 0 amide bonds. The number of rotatable bonds is 1. The van der Waals surface area contributed by atoms with Crippen molar-refractivity contribution in [2.45, 2.75) is 6.54 Å². The molecule has 1 aromatic heterocycles. The lowest BCUT2D eigenvalue weighted by molar-refractivity contribution is 0.525. The molecule has 5 heteroatoms. The van der Waals surface area contributed by atoms with Crippen molar-refractivity contribution in [3.8, 4) is 0 Å². The van der Waals surface area contributed by atoms with E-state index in [1.54, 1.807) is 7.05 Å². The largest absolute Gasteiger partial charge is 0.324 e. The zero-order valence-electron chi connectivity index (χ0n) is 5.54. The zero-order valence-corrected chi connectivity index (χ0v) is 6.36. The van der Waals surface area contributed by atoms with Gasteiger partial charge in [0.25, 0.3) is 0 Å². The summed E-state index contributed by atoms with van der Waals surface area (Å²) in [7, 11) is 1.59. The van der Waals surface area contributed by atoms with E-state index in [1.165, 1.54) is 4.57 Å². The minimum Gasteiger partial charge on any atom is -0.324 e. The molecule has 58 valence electrons. The van der Waals surface area contributed by atoms with Crippen LogP contribution in [0.1, 0.15) is 5.82 Å². The molecule has 0 saturated heterocycles. The van der Waals surface area contributed by atoms with Gasteiger partial charge in [-0.3, -0.25) is 0 Å². The molecule has 0 aliphatic carbocycles. The predicted octanol–water partition coefficient (Wildman–Crippen LogP) is 0.440. The number of imidazole rings is 1. The van der Waals surface area contributed by atoms with E-state index in [0.29, 0.717) is 5.82 Å². The highest BCUT2D eigenvalue weighted by molar-refractivity contribution is 5.85. The molecular formula is C5H9ClFN3. The molecule has 0 unspecified atom stereocenters. The van der Waals surface area contributed by atoms with Gasteiger partial charge in [-0.15, -0.1) is 12.4 Å². The van der Waals surface area contributed by atoms with Crippen molar-refractivity contribution < 1.29 is 4.39 Å². The van der Waals surface area contributed by atoms with E-state index in [-0.39, 0.29) is 24.9 Å². The third-order valence-corrected chi connectivity index (χ3v) is 1.21. The molecule has 10 heavy (non-hydrogen) atoms. The molecule has 0 aliphatic rings. The summed E-state index contributed by atoms with van der Waals surface area (Å²) in [5, 5.41) is 0. The summed E-state index contributed by atoms with van der Waals surface area (Å²) < 4.78 is 13.7. The van der Waals surface area contributed by atoms with Gasteiger partial charge in [0.1, 0.15) is 5.82 Å². The SMILES string of the molecule is Cl.Cn1c(F)cnc1CN. The minimum absolute atomic E-state index is 0. The number of nitrogens with zero attached hydrogens (tertiary/aromatic N) is 2. The summed E-state index contributed by atoms with van der Waals surface area (Å²) in [4.78, 5) is 3.70. The summed E-state index contributed by atoms with van der Waals surface area (Å²) in [6, 6.07) is 0. The Morgan fingerprint density at radius 1 is 1.80 bits per heavy atom. The zero-order chi connectivity index (χ0) is 6.85. The van der Waals surface area contributed by atoms with Crippen LogP contribution < -0.4 is 5.73 Å². The molecule has 0 bridgehead atoms. The Morgan fingerprint density at radius 2 is 2.40 bits per heavy atom. The molecule has 1 rings (SSSR count). The van der Waals surface area contributed by atoms with Gasteiger partial charge in [0.15, 0.2) is 0 Å². The Morgan fingerprint density at radius 3 is 2.60 bits per heavy atom. The Kier molecular flexibility index (Phi) is 3.32. The van der Waals surface area contributed by atoms with Crippen LogP contribution in [0.5, 0.6) is 0 Å². The molecule has 1 aromatic rings. The maximum absolute atomic E-state index is 12.4. The molecule has 0 aliphatic heterocycles. The van der Waals surface area contributed by atoms with E-state index in [9.17, 15) is 4.39 Å². The van der Waals surface area contributed by atoms with Gasteiger partial charge in [0.2, 0.25) is 5.95 Å². The lowest BCUT2D eigenvalue weighted by atomic mass is 10.6. The van der Waals surface area contributed by atoms with Crippen molar-refractivity contribution in [1.82, 2.24) is 9.55 Å². The quantitative estimate of drug-likeness (QED) is 0.656. The minimum atomic E-state index is -0.351. The third kappa shape index (κ3) is 1.46. The maximum Gasteiger partial charge on any atom is 0.213 e. The summed E-state index contributed by atoms with van der Waals surface area (Å²) in [5.74, 6) is 0.211. The van der Waals surface area contributed by atoms with Crippen LogP contribution in [0.2, 0.25) is 0 Å². The Hall–Kier alpha value is -0.610. The van der Waals surface area contributed by atoms with E-state index in [4.69, 9.17) is 5.73 Å². The first kappa shape index (κ1) is 9.39. The molecule has 0 fully saturated rings. The van der Waals surface area contributed by atoms with Gasteiger partial charge in [-0.1, -0.05) is 0 Å². The normalized spacial score (nSPS) is 9.10. The van der Waals surface area contributed by atoms with Crippen molar-refractivity contribution in [2.24, 2.45) is 12.8 Å². The van der Waals surface area contributed by atoms with Crippen molar-refractivity contribution in [3.63, 3.8) is 0 Å². The molecule has 0 radical (unpaired) electrons. The number of halogens is 2. The van der Waals surface area contributed by atoms with Crippen molar-refractivity contribution in [3.05, 3.63) is 18.0 Å². The van der Waals surface area contributed by atoms with Crippen LogP contribution in [-0.4, -0.2) is 9.55 Å². The predicted molar refractivity (Wildman–Crippen MR) is 38.3 cm³/mol. The second kappa shape index (κ2) is 3.53. The van der Waals surface area contributed by atoms with Crippen molar-refractivity contribution in [1.29, 1.82) is 0 Å². The fraction of sp³-hybridized carbons (Fsp3) is 0.400. The van der Waals surface area contributed by atoms with E-state index >= 15 is 0 Å². The van der Waals surface area contributed by atoms with Gasteiger partial charge < -0.3 is 10.3 Å². The lowest BCUT2D eigenvalue weighted by Gasteiger charge is -1.94. The molecule has 0 aromatic carbocycles. The molecule has 0 atom stereocenters. The molecule has 0 saturated carbocycles. The smallest absolute Gasteiger partial charge is 0.213 e. The van der Waals surface area contributed by atoms with Crippen LogP contribution in [0, 0.1) is 5.95 Å². The molecule has 1 heterocycles. The summed E-state index contributed by atoms with van der Waals surface area (Å²) in [6.07, 6.45) is 1.15. The number of nitrogens with two attached hydrogens (primary N) is 1. The van der Waals surface area contributed by atoms with Crippen LogP contribution in [0.15, 0.2) is 6.20 Å². The highest BCUT2D eigenvalue weighted by atomic mass is 35.5. The van der Waals surface area contributed by atoms with E-state index in [2.05, 4.69) is 4.98 Å². The van der Waals surface area contributed by atoms with Gasteiger partial charge in [0, 0.05) is 7.05 Å². The van der Waals surface area contributed by atoms with Gasteiger partial charge in [0.05, 0.1) is 12.7 Å². The standard InChI is InChI=1S/C5H8FN3.ClH/c1-9-4(6)3-8-5(9)2-7;/h3H,2,7H2,1H3;1H. The molecule has 3 nitrogen and oxygen atoms in total. The first-order chi connectivity index (χ1) is 4.25. The molecule has 0 spiro atoms. The van der Waals surface area contributed by atoms with E-state index < -0.39 is 0 Å². The Labute approximate surface area is 64.5 Å². The second-order valence-electron chi connectivity index (χ2n) is 1.76. The summed E-state index contributed by atoms with van der Waals surface area (Å²) in [6.45, 7) is 0.278. The Bertz CT molecular complexity index is 211. The van der Waals surface area contributed by atoms with Gasteiger partial charge in [-0.2, -0.15) is 4.39 Å². The van der Waals surface area contributed by atoms with Crippen molar-refractivity contribution in [2.75, 3.05) is 0 Å². The topological polar surface area (TPSA) is 43.8 Å². The first-order valence-corrected chi connectivity index (χ1v) is 2.62. The summed E-state index contributed by atoms with van der Waals surface area (Å²) in [5.41, 5.74) is 5.21. The molecule has 2 N–H and O–H groups in total. The fourth-order valence-corrected chi connectivity index (χ4v) is 0.614. The average molecular weight is 166 g/mol. The van der Waals surface area contributed by atoms with Crippen LogP contribution in [0.4, 0.5) is 4.39 Å². The lowest BCUT2D eigenvalue weighted by Crippen LogP contribution is -2.05. The second-order valence-corrected chi connectivity index (χ2v) is 1.76. The van der Waals surface area contributed by atoms with Crippen molar-refractivity contribution >= 4 is 12.4 Å². The number of hydrogen-bond donors (Lipinski definition) is 1. The number of hydrogen-bond acceptors (Lipinski definition) is 2. The summed E-state index contributed by atoms with van der Waals surface area (Å²) >= 11 is 0. The van der Waals surface area contributed by atoms with Crippen LogP contribution in [0.3, 0.4) is 0 Å². The van der Waals surface area contributed by atoms with Crippen LogP contribution in [0.25, 0.3) is 0 Å². The van der Waals surface area contributed by atoms with Crippen LogP contribution in [-0.2, 0) is 13.6 Å². The maximum atomic E-state index is 12.4. The highest BCUT2D eigenvalue weighted by Crippen LogP contribution is 1.97.